The van der Waals surface area contributed by atoms with Gasteiger partial charge >= 0.3 is 6.18 Å². The zero-order chi connectivity index (χ0) is 15.2. The number of alkyl halides is 3. The van der Waals surface area contributed by atoms with Crippen LogP contribution in [0, 0.1) is 13.8 Å². The van der Waals surface area contributed by atoms with E-state index in [0.717, 1.165) is 0 Å². The predicted molar refractivity (Wildman–Crippen MR) is 67.2 cm³/mol. The fourth-order valence-electron chi connectivity index (χ4n) is 2.24. The Bertz CT molecular complexity index is 734. The number of aromatic amines is 1. The number of fused-ring (bicyclic) bond motifs is 1. The quantitative estimate of drug-likeness (QED) is 0.839. The Kier molecular flexibility index (Phi) is 3.29. The van der Waals surface area contributed by atoms with Crippen LogP contribution in [-0.4, -0.2) is 15.0 Å². The van der Waals surface area contributed by atoms with Crippen LogP contribution in [0.1, 0.15) is 35.6 Å². The molecule has 2 rings (SSSR count). The van der Waals surface area contributed by atoms with Gasteiger partial charge in [-0.05, 0) is 26.3 Å². The Hall–Kier alpha value is -1.96. The average Bonchev–Trinajstić information content (AvgIpc) is 2.25. The number of hydrogen-bond acceptors (Lipinski definition) is 4. The molecular formula is C12H13F3N4O. The van der Waals surface area contributed by atoms with Gasteiger partial charge in [0.1, 0.15) is 5.82 Å². The van der Waals surface area contributed by atoms with E-state index in [-0.39, 0.29) is 28.0 Å². The number of rotatable bonds is 1. The van der Waals surface area contributed by atoms with E-state index in [4.69, 9.17) is 5.73 Å². The third-order valence-corrected chi connectivity index (χ3v) is 2.99. The summed E-state index contributed by atoms with van der Waals surface area (Å²) in [6.45, 7) is 4.32. The number of nitrogens with two attached hydrogens (primary N) is 1. The highest BCUT2D eigenvalue weighted by Gasteiger charge is 2.38. The van der Waals surface area contributed by atoms with E-state index >= 15 is 0 Å². The molecule has 0 amide bonds. The summed E-state index contributed by atoms with van der Waals surface area (Å²) < 4.78 is 39.3. The smallest absolute Gasteiger partial charge is 0.324 e. The molecule has 3 N–H and O–H groups in total. The second-order valence-electron chi connectivity index (χ2n) is 4.64. The molecule has 108 valence electrons. The van der Waals surface area contributed by atoms with Gasteiger partial charge in [0.15, 0.2) is 11.3 Å². The van der Waals surface area contributed by atoms with Crippen molar-refractivity contribution in [2.24, 2.45) is 5.73 Å². The molecule has 0 spiro atoms. The van der Waals surface area contributed by atoms with Crippen molar-refractivity contribution in [3.05, 3.63) is 33.0 Å². The van der Waals surface area contributed by atoms with Crippen LogP contribution in [0.4, 0.5) is 13.2 Å². The highest BCUT2D eigenvalue weighted by Crippen LogP contribution is 2.35. The van der Waals surface area contributed by atoms with Gasteiger partial charge in [-0.15, -0.1) is 0 Å². The molecule has 0 radical (unpaired) electrons. The minimum Gasteiger partial charge on any atom is -0.324 e. The molecule has 1 unspecified atom stereocenters. The van der Waals surface area contributed by atoms with Gasteiger partial charge in [-0.25, -0.2) is 9.97 Å². The second-order valence-corrected chi connectivity index (χ2v) is 4.64. The van der Waals surface area contributed by atoms with Crippen molar-refractivity contribution in [3.8, 4) is 0 Å². The molecule has 0 aromatic carbocycles. The number of hydrogen-bond donors (Lipinski definition) is 2. The lowest BCUT2D eigenvalue weighted by atomic mass is 9.98. The molecule has 20 heavy (non-hydrogen) atoms. The van der Waals surface area contributed by atoms with Crippen molar-refractivity contribution >= 4 is 11.0 Å². The molecule has 0 aliphatic carbocycles. The van der Waals surface area contributed by atoms with Gasteiger partial charge in [0.25, 0.3) is 5.56 Å². The van der Waals surface area contributed by atoms with Crippen LogP contribution in [0.2, 0.25) is 0 Å². The van der Waals surface area contributed by atoms with E-state index in [0.29, 0.717) is 0 Å². The van der Waals surface area contributed by atoms with Crippen LogP contribution in [0.5, 0.6) is 0 Å². The van der Waals surface area contributed by atoms with E-state index in [1.807, 2.05) is 0 Å². The maximum absolute atomic E-state index is 13.1. The van der Waals surface area contributed by atoms with Crippen molar-refractivity contribution in [2.75, 3.05) is 0 Å². The monoisotopic (exact) mass is 286 g/mol. The molecule has 0 saturated carbocycles. The van der Waals surface area contributed by atoms with Crippen LogP contribution >= 0.6 is 0 Å². The largest absolute Gasteiger partial charge is 0.433 e. The second kappa shape index (κ2) is 4.55. The molecule has 2 aromatic heterocycles. The van der Waals surface area contributed by atoms with Crippen molar-refractivity contribution < 1.29 is 13.2 Å². The number of pyridine rings is 1. The predicted octanol–water partition coefficient (Wildman–Crippen LogP) is 1.97. The summed E-state index contributed by atoms with van der Waals surface area (Å²) in [7, 11) is 0. The Morgan fingerprint density at radius 1 is 1.25 bits per heavy atom. The first kappa shape index (κ1) is 14.4. The molecule has 0 saturated heterocycles. The van der Waals surface area contributed by atoms with Crippen molar-refractivity contribution in [1.29, 1.82) is 0 Å². The summed E-state index contributed by atoms with van der Waals surface area (Å²) in [6.07, 6.45) is -4.65. The van der Waals surface area contributed by atoms with Gasteiger partial charge in [0, 0.05) is 11.6 Å². The molecule has 1 atom stereocenters. The SMILES string of the molecule is Cc1nc2nc(C(F)(F)F)c(C(C)N)c(C)c2c(=O)[nH]1. The number of aryl methyl sites for hydroxylation is 2. The average molecular weight is 286 g/mol. The number of halogens is 3. The number of aromatic nitrogens is 3. The topological polar surface area (TPSA) is 84.7 Å². The molecule has 5 nitrogen and oxygen atoms in total. The summed E-state index contributed by atoms with van der Waals surface area (Å²) in [5.74, 6) is 0.205. The molecule has 0 aliphatic heterocycles. The molecule has 2 aromatic rings. The third-order valence-electron chi connectivity index (χ3n) is 2.99. The van der Waals surface area contributed by atoms with E-state index < -0.39 is 23.5 Å². The molecule has 0 aliphatic rings. The summed E-state index contributed by atoms with van der Waals surface area (Å²) in [4.78, 5) is 21.7. The molecule has 8 heteroatoms. The first-order valence-corrected chi connectivity index (χ1v) is 5.86. The third kappa shape index (κ3) is 2.26. The van der Waals surface area contributed by atoms with Crippen LogP contribution in [0.25, 0.3) is 11.0 Å². The van der Waals surface area contributed by atoms with E-state index in [2.05, 4.69) is 15.0 Å². The lowest BCUT2D eigenvalue weighted by molar-refractivity contribution is -0.141. The lowest BCUT2D eigenvalue weighted by Gasteiger charge is -2.18. The first-order chi connectivity index (χ1) is 9.12. The minimum absolute atomic E-state index is 0.0379. The van der Waals surface area contributed by atoms with Crippen molar-refractivity contribution in [1.82, 2.24) is 15.0 Å². The summed E-state index contributed by atoms with van der Waals surface area (Å²) >= 11 is 0. The van der Waals surface area contributed by atoms with Crippen LogP contribution in [0.15, 0.2) is 4.79 Å². The fourth-order valence-corrected chi connectivity index (χ4v) is 2.24. The first-order valence-electron chi connectivity index (χ1n) is 5.86. The maximum Gasteiger partial charge on any atom is 0.433 e. The summed E-state index contributed by atoms with van der Waals surface area (Å²) in [5, 5.41) is 0.0379. The maximum atomic E-state index is 13.1. The molecule has 2 heterocycles. The van der Waals surface area contributed by atoms with Gasteiger partial charge in [-0.1, -0.05) is 0 Å². The Labute approximate surface area is 112 Å². The zero-order valence-electron chi connectivity index (χ0n) is 11.1. The fraction of sp³-hybridized carbons (Fsp3) is 0.417. The Morgan fingerprint density at radius 3 is 2.35 bits per heavy atom. The summed E-state index contributed by atoms with van der Waals surface area (Å²) in [5.41, 5.74) is 3.76. The van der Waals surface area contributed by atoms with Gasteiger partial charge < -0.3 is 10.7 Å². The van der Waals surface area contributed by atoms with Crippen LogP contribution < -0.4 is 11.3 Å². The zero-order valence-corrected chi connectivity index (χ0v) is 11.1. The highest BCUT2D eigenvalue weighted by atomic mass is 19.4. The van der Waals surface area contributed by atoms with E-state index in [1.165, 1.54) is 20.8 Å². The number of nitrogens with one attached hydrogen (secondary N) is 1. The van der Waals surface area contributed by atoms with Gasteiger partial charge in [-0.2, -0.15) is 13.2 Å². The summed E-state index contributed by atoms with van der Waals surface area (Å²) in [6, 6.07) is -0.899. The van der Waals surface area contributed by atoms with E-state index in [9.17, 15) is 18.0 Å². The van der Waals surface area contributed by atoms with E-state index in [1.54, 1.807) is 0 Å². The molecule has 0 bridgehead atoms. The Balaban J connectivity index is 3.01. The number of nitrogens with zero attached hydrogens (tertiary/aromatic N) is 2. The normalized spacial score (nSPS) is 13.8. The van der Waals surface area contributed by atoms with Crippen LogP contribution in [0.3, 0.4) is 0 Å². The highest BCUT2D eigenvalue weighted by molar-refractivity contribution is 5.79. The van der Waals surface area contributed by atoms with Gasteiger partial charge in [-0.3, -0.25) is 4.79 Å². The molecular weight excluding hydrogens is 273 g/mol. The van der Waals surface area contributed by atoms with Gasteiger partial charge in [0.2, 0.25) is 0 Å². The minimum atomic E-state index is -4.65. The van der Waals surface area contributed by atoms with Crippen LogP contribution in [-0.2, 0) is 6.18 Å². The van der Waals surface area contributed by atoms with Crippen molar-refractivity contribution in [2.45, 2.75) is 33.0 Å². The Morgan fingerprint density at radius 2 is 1.85 bits per heavy atom. The van der Waals surface area contributed by atoms with Gasteiger partial charge in [0.05, 0.1) is 5.39 Å². The molecule has 0 fully saturated rings. The lowest BCUT2D eigenvalue weighted by Crippen LogP contribution is -2.22. The van der Waals surface area contributed by atoms with Crippen molar-refractivity contribution in [3.63, 3.8) is 0 Å². The number of H-pyrrole nitrogens is 1. The standard InChI is InChI=1S/C12H13F3N4O/c1-4-7(5(2)16)9(12(13,14)15)19-10-8(4)11(20)18-6(3)17-10/h5H,16H2,1-3H3,(H,17,18,19,20).